The van der Waals surface area contributed by atoms with Gasteiger partial charge in [0.25, 0.3) is 0 Å². The number of carbonyl (C=O) groups excluding carboxylic acids is 1. The van der Waals surface area contributed by atoms with E-state index in [1.165, 1.54) is 5.56 Å². The first-order valence-corrected chi connectivity index (χ1v) is 9.86. The van der Waals surface area contributed by atoms with Gasteiger partial charge in [0, 0.05) is 30.4 Å². The molecule has 5 heteroatoms. The van der Waals surface area contributed by atoms with E-state index in [9.17, 15) is 4.79 Å². The molecule has 4 rings (SSSR count). The van der Waals surface area contributed by atoms with Gasteiger partial charge in [-0.15, -0.1) is 0 Å². The summed E-state index contributed by atoms with van der Waals surface area (Å²) >= 11 is 0. The van der Waals surface area contributed by atoms with E-state index in [0.717, 1.165) is 23.3 Å². The first-order valence-electron chi connectivity index (χ1n) is 9.86. The molecule has 2 heterocycles. The number of amides is 1. The van der Waals surface area contributed by atoms with E-state index in [4.69, 9.17) is 10.2 Å². The maximum absolute atomic E-state index is 12.8. The fraction of sp³-hybridized carbons (Fsp3) is 0.348. The minimum absolute atomic E-state index is 0.00568. The van der Waals surface area contributed by atoms with Crippen molar-refractivity contribution in [3.8, 4) is 0 Å². The normalized spacial score (nSPS) is 22.2. The number of likely N-dealkylation sites (tertiary alicyclic amines) is 1. The second-order valence-corrected chi connectivity index (χ2v) is 7.73. The van der Waals surface area contributed by atoms with Crippen molar-refractivity contribution in [2.75, 3.05) is 13.1 Å². The zero-order valence-corrected chi connectivity index (χ0v) is 16.3. The van der Waals surface area contributed by atoms with Crippen LogP contribution >= 0.6 is 0 Å². The fourth-order valence-corrected chi connectivity index (χ4v) is 4.02. The van der Waals surface area contributed by atoms with Gasteiger partial charge in [-0.1, -0.05) is 48.5 Å². The van der Waals surface area contributed by atoms with Gasteiger partial charge < -0.3 is 15.5 Å². The molecule has 28 heavy (non-hydrogen) atoms. The van der Waals surface area contributed by atoms with Crippen molar-refractivity contribution in [3.05, 3.63) is 72.0 Å². The van der Waals surface area contributed by atoms with Gasteiger partial charge in [-0.25, -0.2) is 0 Å². The van der Waals surface area contributed by atoms with Gasteiger partial charge in [-0.2, -0.15) is 0 Å². The van der Waals surface area contributed by atoms with Crippen LogP contribution in [0.25, 0.3) is 11.0 Å². The molecule has 0 aliphatic carbocycles. The zero-order chi connectivity index (χ0) is 19.7. The molecule has 3 aromatic rings. The lowest BCUT2D eigenvalue weighted by molar-refractivity contribution is -0.126. The Kier molecular flexibility index (Phi) is 5.20. The third-order valence-electron chi connectivity index (χ3n) is 5.78. The van der Waals surface area contributed by atoms with E-state index >= 15 is 0 Å². The summed E-state index contributed by atoms with van der Waals surface area (Å²) in [7, 11) is 0. The van der Waals surface area contributed by atoms with Crippen LogP contribution in [0.1, 0.15) is 37.1 Å². The Morgan fingerprint density at radius 1 is 1.11 bits per heavy atom. The highest BCUT2D eigenvalue weighted by Crippen LogP contribution is 2.28. The van der Waals surface area contributed by atoms with Crippen LogP contribution in [0, 0.1) is 0 Å². The van der Waals surface area contributed by atoms with Crippen LogP contribution in [-0.2, 0) is 4.79 Å². The van der Waals surface area contributed by atoms with Crippen molar-refractivity contribution in [2.24, 2.45) is 5.73 Å². The van der Waals surface area contributed by atoms with Gasteiger partial charge in [0.2, 0.25) is 5.91 Å². The van der Waals surface area contributed by atoms with E-state index < -0.39 is 0 Å². The topological polar surface area (TPSA) is 71.5 Å². The number of benzene rings is 2. The lowest BCUT2D eigenvalue weighted by Gasteiger charge is -2.24. The van der Waals surface area contributed by atoms with Crippen molar-refractivity contribution in [3.63, 3.8) is 0 Å². The van der Waals surface area contributed by atoms with Gasteiger partial charge in [0.05, 0.1) is 12.1 Å². The first-order chi connectivity index (χ1) is 13.5. The number of hydrogen-bond acceptors (Lipinski definition) is 4. The van der Waals surface area contributed by atoms with Crippen LogP contribution in [0.2, 0.25) is 0 Å². The van der Waals surface area contributed by atoms with Gasteiger partial charge in [0.15, 0.2) is 0 Å². The molecule has 1 aromatic heterocycles. The fourth-order valence-electron chi connectivity index (χ4n) is 4.02. The average Bonchev–Trinajstić information content (AvgIpc) is 3.31. The molecule has 146 valence electrons. The molecule has 0 radical (unpaired) electrons. The summed E-state index contributed by atoms with van der Waals surface area (Å²) in [5.41, 5.74) is 8.46. The number of hydrogen-bond donors (Lipinski definition) is 2. The molecule has 5 nitrogen and oxygen atoms in total. The van der Waals surface area contributed by atoms with E-state index in [1.54, 1.807) is 0 Å². The molecule has 2 unspecified atom stereocenters. The smallest absolute Gasteiger partial charge is 0.237 e. The molecule has 1 aliphatic heterocycles. The van der Waals surface area contributed by atoms with Crippen LogP contribution in [-0.4, -0.2) is 36.0 Å². The maximum atomic E-state index is 12.8. The molecular weight excluding hydrogens is 350 g/mol. The van der Waals surface area contributed by atoms with E-state index in [0.29, 0.717) is 6.54 Å². The Morgan fingerprint density at radius 2 is 1.82 bits per heavy atom. The lowest BCUT2D eigenvalue weighted by atomic mass is 9.95. The number of nitrogens with one attached hydrogen (secondary N) is 1. The zero-order valence-electron chi connectivity index (χ0n) is 16.3. The second-order valence-electron chi connectivity index (χ2n) is 7.73. The summed E-state index contributed by atoms with van der Waals surface area (Å²) in [6.45, 7) is 5.40. The predicted octanol–water partition coefficient (Wildman–Crippen LogP) is 3.43. The number of fused-ring (bicyclic) bond motifs is 1. The monoisotopic (exact) mass is 377 g/mol. The summed E-state index contributed by atoms with van der Waals surface area (Å²) in [5, 5.41) is 4.13. The summed E-state index contributed by atoms with van der Waals surface area (Å²) in [4.78, 5) is 15.0. The SMILES string of the molecule is CC(NC(=O)C(C)N1C[C@@H](N)[C@H](c2ccccc2)C1)c1cc2ccccc2o1. The molecule has 2 aromatic carbocycles. The molecule has 0 spiro atoms. The molecule has 1 aliphatic rings. The second kappa shape index (κ2) is 7.78. The summed E-state index contributed by atoms with van der Waals surface area (Å²) in [5.74, 6) is 1.01. The lowest BCUT2D eigenvalue weighted by Crippen LogP contribution is -2.45. The van der Waals surface area contributed by atoms with Crippen LogP contribution in [0.3, 0.4) is 0 Å². The molecule has 0 bridgehead atoms. The number of nitrogens with two attached hydrogens (primary N) is 1. The van der Waals surface area contributed by atoms with Crippen molar-refractivity contribution < 1.29 is 9.21 Å². The standard InChI is InChI=1S/C23H27N3O2/c1-15(22-12-18-10-6-7-11-21(18)28-22)25-23(27)16(2)26-13-19(20(24)14-26)17-8-4-3-5-9-17/h3-12,15-16,19-20H,13-14,24H2,1-2H3,(H,25,27)/t15?,16?,19-,20+/m0/s1. The van der Waals surface area contributed by atoms with Crippen molar-refractivity contribution in [2.45, 2.75) is 37.9 Å². The highest BCUT2D eigenvalue weighted by Gasteiger charge is 2.36. The van der Waals surface area contributed by atoms with Crippen molar-refractivity contribution >= 4 is 16.9 Å². The third-order valence-corrected chi connectivity index (χ3v) is 5.78. The Labute approximate surface area is 165 Å². The quantitative estimate of drug-likeness (QED) is 0.715. The van der Waals surface area contributed by atoms with Crippen LogP contribution < -0.4 is 11.1 Å². The minimum Gasteiger partial charge on any atom is -0.459 e. The summed E-state index contributed by atoms with van der Waals surface area (Å²) < 4.78 is 5.88. The Morgan fingerprint density at radius 3 is 2.57 bits per heavy atom. The number of rotatable bonds is 5. The molecular formula is C23H27N3O2. The summed E-state index contributed by atoms with van der Waals surface area (Å²) in [6.07, 6.45) is 0. The Hall–Kier alpha value is -2.63. The molecule has 1 fully saturated rings. The largest absolute Gasteiger partial charge is 0.459 e. The van der Waals surface area contributed by atoms with E-state index in [-0.39, 0.29) is 30.0 Å². The maximum Gasteiger partial charge on any atom is 0.237 e. The van der Waals surface area contributed by atoms with Crippen molar-refractivity contribution in [1.82, 2.24) is 10.2 Å². The highest BCUT2D eigenvalue weighted by atomic mass is 16.3. The van der Waals surface area contributed by atoms with Gasteiger partial charge in [0.1, 0.15) is 11.3 Å². The van der Waals surface area contributed by atoms with Gasteiger partial charge >= 0.3 is 0 Å². The summed E-state index contributed by atoms with van der Waals surface area (Å²) in [6, 6.07) is 19.8. The Bertz CT molecular complexity index is 920. The molecule has 1 saturated heterocycles. The average molecular weight is 377 g/mol. The molecule has 3 N–H and O–H groups in total. The van der Waals surface area contributed by atoms with Crippen molar-refractivity contribution in [1.29, 1.82) is 0 Å². The van der Waals surface area contributed by atoms with Crippen LogP contribution in [0.5, 0.6) is 0 Å². The van der Waals surface area contributed by atoms with Crippen LogP contribution in [0.4, 0.5) is 0 Å². The highest BCUT2D eigenvalue weighted by molar-refractivity contribution is 5.82. The van der Waals surface area contributed by atoms with Gasteiger partial charge in [-0.3, -0.25) is 9.69 Å². The minimum atomic E-state index is -0.244. The number of nitrogens with zero attached hydrogens (tertiary/aromatic N) is 1. The first kappa shape index (κ1) is 18.7. The van der Waals surface area contributed by atoms with Crippen LogP contribution in [0.15, 0.2) is 65.1 Å². The Balaban J connectivity index is 1.40. The molecule has 0 saturated carbocycles. The van der Waals surface area contributed by atoms with E-state index in [2.05, 4.69) is 22.3 Å². The molecule has 1 amide bonds. The van der Waals surface area contributed by atoms with E-state index in [1.807, 2.05) is 62.4 Å². The number of para-hydroxylation sites is 1. The number of carbonyl (C=O) groups is 1. The van der Waals surface area contributed by atoms with Gasteiger partial charge in [-0.05, 0) is 31.5 Å². The molecule has 4 atom stereocenters. The third kappa shape index (κ3) is 3.68. The predicted molar refractivity (Wildman–Crippen MR) is 111 cm³/mol. The number of furan rings is 1.